The van der Waals surface area contributed by atoms with Gasteiger partial charge in [0.25, 0.3) is 0 Å². The van der Waals surface area contributed by atoms with Gasteiger partial charge in [0, 0.05) is 5.56 Å². The van der Waals surface area contributed by atoms with Crippen molar-refractivity contribution in [2.75, 3.05) is 0 Å². The minimum atomic E-state index is 0.245. The molecule has 2 nitrogen and oxygen atoms in total. The van der Waals surface area contributed by atoms with Crippen LogP contribution < -0.4 is 0 Å². The molecular formula is C23H30O2. The van der Waals surface area contributed by atoms with Crippen molar-refractivity contribution in [2.24, 2.45) is 17.8 Å². The van der Waals surface area contributed by atoms with Crippen LogP contribution in [0.3, 0.4) is 0 Å². The normalized spacial score (nSPS) is 23.8. The van der Waals surface area contributed by atoms with Gasteiger partial charge in [-0.1, -0.05) is 57.5 Å². The Morgan fingerprint density at radius 2 is 1.60 bits per heavy atom. The first-order valence-electron chi connectivity index (χ1n) is 9.54. The van der Waals surface area contributed by atoms with E-state index in [-0.39, 0.29) is 17.4 Å². The number of hydrogen-bond acceptors (Lipinski definition) is 2. The molecule has 0 spiro atoms. The fourth-order valence-electron chi connectivity index (χ4n) is 4.53. The molecule has 0 aromatic heterocycles. The summed E-state index contributed by atoms with van der Waals surface area (Å²) in [5, 5.41) is 21.5. The average Bonchev–Trinajstić information content (AvgIpc) is 2.55. The van der Waals surface area contributed by atoms with E-state index in [9.17, 15) is 10.2 Å². The number of benzene rings is 2. The van der Waals surface area contributed by atoms with Crippen LogP contribution >= 0.6 is 0 Å². The van der Waals surface area contributed by atoms with E-state index in [2.05, 4.69) is 32.9 Å². The summed E-state index contributed by atoms with van der Waals surface area (Å²) < 4.78 is 0. The van der Waals surface area contributed by atoms with E-state index in [4.69, 9.17) is 0 Å². The summed E-state index contributed by atoms with van der Waals surface area (Å²) >= 11 is 0. The molecule has 3 atom stereocenters. The van der Waals surface area contributed by atoms with Gasteiger partial charge in [0.1, 0.15) is 11.5 Å². The van der Waals surface area contributed by atoms with Gasteiger partial charge in [0.15, 0.2) is 0 Å². The molecule has 134 valence electrons. The lowest BCUT2D eigenvalue weighted by Crippen LogP contribution is -2.26. The van der Waals surface area contributed by atoms with E-state index >= 15 is 0 Å². The Bertz CT molecular complexity index is 682. The molecule has 0 amide bonds. The second kappa shape index (κ2) is 7.51. The quantitative estimate of drug-likeness (QED) is 0.732. The number of phenols is 2. The summed E-state index contributed by atoms with van der Waals surface area (Å²) in [6.07, 6.45) is 4.18. The van der Waals surface area contributed by atoms with Crippen LogP contribution in [0.25, 0.3) is 0 Å². The first kappa shape index (κ1) is 17.8. The molecular weight excluding hydrogens is 308 g/mol. The van der Waals surface area contributed by atoms with Gasteiger partial charge in [-0.2, -0.15) is 0 Å². The van der Waals surface area contributed by atoms with E-state index in [0.29, 0.717) is 17.8 Å². The molecule has 3 unspecified atom stereocenters. The van der Waals surface area contributed by atoms with Crippen LogP contribution in [0.2, 0.25) is 0 Å². The standard InChI is InChI=1S/C23H30O2/c1-15(2)19-10-9-16(3)11-20(19)23-21(24)13-18(14-22(23)25)12-17-7-5-4-6-8-17/h4-8,13-16,19-20,24-25H,9-12H2,1-3H3. The minimum absolute atomic E-state index is 0.245. The Balaban J connectivity index is 1.91. The maximum atomic E-state index is 10.7. The summed E-state index contributed by atoms with van der Waals surface area (Å²) in [5.74, 6) is 2.48. The molecule has 25 heavy (non-hydrogen) atoms. The highest BCUT2D eigenvalue weighted by molar-refractivity contribution is 5.50. The van der Waals surface area contributed by atoms with Gasteiger partial charge in [-0.25, -0.2) is 0 Å². The Hall–Kier alpha value is -1.96. The maximum absolute atomic E-state index is 10.7. The molecule has 3 rings (SSSR count). The highest BCUT2D eigenvalue weighted by atomic mass is 16.3. The number of rotatable bonds is 4. The zero-order valence-electron chi connectivity index (χ0n) is 15.6. The smallest absolute Gasteiger partial charge is 0.123 e. The van der Waals surface area contributed by atoms with E-state index in [1.807, 2.05) is 30.3 Å². The van der Waals surface area contributed by atoms with E-state index in [0.717, 1.165) is 24.0 Å². The lowest BCUT2D eigenvalue weighted by Gasteiger charge is -2.38. The van der Waals surface area contributed by atoms with Crippen molar-refractivity contribution in [1.82, 2.24) is 0 Å². The van der Waals surface area contributed by atoms with Crippen LogP contribution in [0.5, 0.6) is 11.5 Å². The highest BCUT2D eigenvalue weighted by Gasteiger charge is 2.34. The lowest BCUT2D eigenvalue weighted by atomic mass is 9.67. The molecule has 1 fully saturated rings. The summed E-state index contributed by atoms with van der Waals surface area (Å²) in [6, 6.07) is 13.9. The second-order valence-electron chi connectivity index (χ2n) is 8.14. The average molecular weight is 338 g/mol. The van der Waals surface area contributed by atoms with E-state index in [1.165, 1.54) is 18.4 Å². The summed E-state index contributed by atoms with van der Waals surface area (Å²) in [5.41, 5.74) is 2.90. The van der Waals surface area contributed by atoms with Gasteiger partial charge in [-0.05, 0) is 66.2 Å². The van der Waals surface area contributed by atoms with Crippen molar-refractivity contribution >= 4 is 0 Å². The molecule has 1 saturated carbocycles. The largest absolute Gasteiger partial charge is 0.508 e. The first-order valence-corrected chi connectivity index (χ1v) is 9.54. The summed E-state index contributed by atoms with van der Waals surface area (Å²) in [6.45, 7) is 6.79. The lowest BCUT2D eigenvalue weighted by molar-refractivity contribution is 0.192. The Morgan fingerprint density at radius 1 is 0.960 bits per heavy atom. The molecule has 0 radical (unpaired) electrons. The minimum Gasteiger partial charge on any atom is -0.508 e. The number of aromatic hydroxyl groups is 2. The van der Waals surface area contributed by atoms with Crippen molar-refractivity contribution in [1.29, 1.82) is 0 Å². The molecule has 2 heteroatoms. The predicted octanol–water partition coefficient (Wildman–Crippen LogP) is 5.86. The van der Waals surface area contributed by atoms with Crippen molar-refractivity contribution < 1.29 is 10.2 Å². The zero-order valence-corrected chi connectivity index (χ0v) is 15.6. The van der Waals surface area contributed by atoms with Crippen LogP contribution in [-0.2, 0) is 6.42 Å². The van der Waals surface area contributed by atoms with Crippen molar-refractivity contribution in [3.05, 3.63) is 59.2 Å². The highest BCUT2D eigenvalue weighted by Crippen LogP contribution is 2.49. The maximum Gasteiger partial charge on any atom is 0.123 e. The molecule has 2 aromatic rings. The van der Waals surface area contributed by atoms with Gasteiger partial charge in [0.2, 0.25) is 0 Å². The summed E-state index contributed by atoms with van der Waals surface area (Å²) in [7, 11) is 0. The van der Waals surface area contributed by atoms with Gasteiger partial charge < -0.3 is 10.2 Å². The number of phenolic OH excluding ortho intramolecular Hbond substituents is 2. The molecule has 0 bridgehead atoms. The van der Waals surface area contributed by atoms with Crippen LogP contribution in [0, 0.1) is 17.8 Å². The Labute approximate surface area is 151 Å². The van der Waals surface area contributed by atoms with Crippen molar-refractivity contribution in [3.63, 3.8) is 0 Å². The van der Waals surface area contributed by atoms with Crippen LogP contribution in [-0.4, -0.2) is 10.2 Å². The zero-order chi connectivity index (χ0) is 18.0. The van der Waals surface area contributed by atoms with Crippen LogP contribution in [0.15, 0.2) is 42.5 Å². The van der Waals surface area contributed by atoms with Crippen LogP contribution in [0.4, 0.5) is 0 Å². The number of hydrogen-bond donors (Lipinski definition) is 2. The molecule has 0 saturated heterocycles. The fraction of sp³-hybridized carbons (Fsp3) is 0.478. The molecule has 2 aromatic carbocycles. The monoisotopic (exact) mass is 338 g/mol. The van der Waals surface area contributed by atoms with Crippen molar-refractivity contribution in [2.45, 2.75) is 52.4 Å². The third-order valence-corrected chi connectivity index (χ3v) is 5.84. The van der Waals surface area contributed by atoms with Gasteiger partial charge >= 0.3 is 0 Å². The second-order valence-corrected chi connectivity index (χ2v) is 8.14. The third-order valence-electron chi connectivity index (χ3n) is 5.84. The Morgan fingerprint density at radius 3 is 2.20 bits per heavy atom. The van der Waals surface area contributed by atoms with Gasteiger partial charge in [-0.15, -0.1) is 0 Å². The molecule has 1 aliphatic carbocycles. The molecule has 0 heterocycles. The third kappa shape index (κ3) is 4.00. The van der Waals surface area contributed by atoms with E-state index in [1.54, 1.807) is 0 Å². The molecule has 0 aliphatic heterocycles. The summed E-state index contributed by atoms with van der Waals surface area (Å²) in [4.78, 5) is 0. The first-order chi connectivity index (χ1) is 12.0. The predicted molar refractivity (Wildman–Crippen MR) is 103 cm³/mol. The Kier molecular flexibility index (Phi) is 5.36. The van der Waals surface area contributed by atoms with Crippen LogP contribution in [0.1, 0.15) is 62.6 Å². The molecule has 2 N–H and O–H groups in total. The van der Waals surface area contributed by atoms with Crippen molar-refractivity contribution in [3.8, 4) is 11.5 Å². The van der Waals surface area contributed by atoms with E-state index < -0.39 is 0 Å². The van der Waals surface area contributed by atoms with Gasteiger partial charge in [0.05, 0.1) is 0 Å². The fourth-order valence-corrected chi connectivity index (χ4v) is 4.53. The SMILES string of the molecule is CC1CCC(C(C)C)C(c2c(O)cc(Cc3ccccc3)cc2O)C1. The molecule has 1 aliphatic rings. The topological polar surface area (TPSA) is 40.5 Å². The van der Waals surface area contributed by atoms with Gasteiger partial charge in [-0.3, -0.25) is 0 Å².